The maximum atomic E-state index is 11.8. The number of nitrogens with one attached hydrogen (secondary N) is 1. The van der Waals surface area contributed by atoms with Crippen LogP contribution >= 0.6 is 0 Å². The Hall–Kier alpha value is -1.53. The number of primary amides is 1. The fraction of sp³-hybridized carbons (Fsp3) is 0.462. The fourth-order valence-electron chi connectivity index (χ4n) is 1.59. The van der Waals surface area contributed by atoms with Crippen molar-refractivity contribution in [3.8, 4) is 0 Å². The Balaban J connectivity index is 2.32. The molecule has 1 amide bonds. The number of nitrogens with two attached hydrogens (primary N) is 1. The number of amides is 1. The van der Waals surface area contributed by atoms with Crippen molar-refractivity contribution in [3.05, 3.63) is 34.9 Å². The molecule has 0 aliphatic rings. The Morgan fingerprint density at radius 1 is 1.47 bits per heavy atom. The molecule has 0 heterocycles. The van der Waals surface area contributed by atoms with E-state index in [1.165, 1.54) is 0 Å². The number of hydrogen-bond donors (Lipinski definition) is 2. The molecule has 3 N–H and O–H groups in total. The van der Waals surface area contributed by atoms with Crippen LogP contribution in [-0.4, -0.2) is 32.1 Å². The Bertz CT molecular complexity index is 425. The maximum absolute atomic E-state index is 11.8. The lowest BCUT2D eigenvalue weighted by atomic mass is 10.0. The van der Waals surface area contributed by atoms with Crippen LogP contribution in [0.4, 0.5) is 8.78 Å². The molecule has 0 bridgehead atoms. The second kappa shape index (κ2) is 7.81. The maximum Gasteiger partial charge on any atom is 0.261 e. The van der Waals surface area contributed by atoms with Gasteiger partial charge in [0.1, 0.15) is 6.61 Å². The molecule has 1 aromatic rings. The van der Waals surface area contributed by atoms with Crippen LogP contribution in [0.3, 0.4) is 0 Å². The molecule has 0 saturated carbocycles. The van der Waals surface area contributed by atoms with Crippen LogP contribution in [0.1, 0.15) is 21.5 Å². The first-order valence-corrected chi connectivity index (χ1v) is 5.96. The molecule has 0 aromatic heterocycles. The van der Waals surface area contributed by atoms with E-state index in [-0.39, 0.29) is 6.61 Å². The number of halogens is 2. The largest absolute Gasteiger partial charge is 0.374 e. The van der Waals surface area contributed by atoms with Crippen LogP contribution < -0.4 is 11.1 Å². The van der Waals surface area contributed by atoms with Gasteiger partial charge in [0.2, 0.25) is 5.91 Å². The molecular formula is C13H18F2N2O2. The van der Waals surface area contributed by atoms with E-state index in [0.29, 0.717) is 18.7 Å². The fourth-order valence-corrected chi connectivity index (χ4v) is 1.59. The van der Waals surface area contributed by atoms with Crippen LogP contribution in [-0.2, 0) is 11.3 Å². The van der Waals surface area contributed by atoms with Gasteiger partial charge in [-0.1, -0.05) is 6.07 Å². The summed E-state index contributed by atoms with van der Waals surface area (Å²) in [4.78, 5) is 11.0. The van der Waals surface area contributed by atoms with Crippen LogP contribution in [0.2, 0.25) is 0 Å². The molecule has 0 aliphatic heterocycles. The monoisotopic (exact) mass is 272 g/mol. The molecule has 0 fully saturated rings. The highest BCUT2D eigenvalue weighted by Gasteiger charge is 2.04. The van der Waals surface area contributed by atoms with E-state index in [1.807, 2.05) is 13.0 Å². The molecule has 4 nitrogen and oxygen atoms in total. The number of rotatable bonds is 8. The van der Waals surface area contributed by atoms with Gasteiger partial charge in [0.05, 0.1) is 6.61 Å². The average Bonchev–Trinajstić information content (AvgIpc) is 2.34. The molecule has 0 aliphatic carbocycles. The zero-order valence-electron chi connectivity index (χ0n) is 10.8. The number of carbonyl (C=O) groups excluding carboxylic acids is 1. The molecule has 0 spiro atoms. The number of benzene rings is 1. The third kappa shape index (κ3) is 5.76. The lowest BCUT2D eigenvalue weighted by Gasteiger charge is -2.09. The minimum Gasteiger partial charge on any atom is -0.374 e. The van der Waals surface area contributed by atoms with E-state index in [0.717, 1.165) is 11.1 Å². The smallest absolute Gasteiger partial charge is 0.261 e. The molecule has 1 aromatic carbocycles. The highest BCUT2D eigenvalue weighted by Crippen LogP contribution is 2.10. The van der Waals surface area contributed by atoms with Crippen molar-refractivity contribution in [1.29, 1.82) is 0 Å². The predicted molar refractivity (Wildman–Crippen MR) is 68.2 cm³/mol. The van der Waals surface area contributed by atoms with Gasteiger partial charge in [0.15, 0.2) is 0 Å². The Morgan fingerprint density at radius 2 is 2.21 bits per heavy atom. The van der Waals surface area contributed by atoms with Crippen molar-refractivity contribution in [2.45, 2.75) is 19.9 Å². The molecule has 1 rings (SSSR count). The van der Waals surface area contributed by atoms with E-state index in [2.05, 4.69) is 5.32 Å². The van der Waals surface area contributed by atoms with Crippen molar-refractivity contribution in [2.75, 3.05) is 19.8 Å². The van der Waals surface area contributed by atoms with Gasteiger partial charge in [-0.2, -0.15) is 0 Å². The van der Waals surface area contributed by atoms with Gasteiger partial charge in [0, 0.05) is 18.7 Å². The second-order valence-electron chi connectivity index (χ2n) is 4.15. The highest BCUT2D eigenvalue weighted by molar-refractivity contribution is 5.93. The summed E-state index contributed by atoms with van der Waals surface area (Å²) in [6.07, 6.45) is -2.43. The minimum absolute atomic E-state index is 0.239. The summed E-state index contributed by atoms with van der Waals surface area (Å²) in [6.45, 7) is 2.67. The van der Waals surface area contributed by atoms with Crippen molar-refractivity contribution in [1.82, 2.24) is 5.32 Å². The molecule has 0 atom stereocenters. The Morgan fingerprint density at radius 3 is 2.79 bits per heavy atom. The first-order chi connectivity index (χ1) is 9.00. The number of aryl methyl sites for hydroxylation is 1. The number of ether oxygens (including phenoxy) is 1. The van der Waals surface area contributed by atoms with Crippen LogP contribution in [0.25, 0.3) is 0 Å². The van der Waals surface area contributed by atoms with Gasteiger partial charge in [0.25, 0.3) is 6.43 Å². The third-order valence-corrected chi connectivity index (χ3v) is 2.61. The van der Waals surface area contributed by atoms with Crippen LogP contribution in [0.5, 0.6) is 0 Å². The lowest BCUT2D eigenvalue weighted by molar-refractivity contribution is 0.0187. The zero-order chi connectivity index (χ0) is 14.3. The summed E-state index contributed by atoms with van der Waals surface area (Å²) in [5.41, 5.74) is 7.64. The van der Waals surface area contributed by atoms with Gasteiger partial charge in [-0.3, -0.25) is 4.79 Å². The molecule has 6 heteroatoms. The van der Waals surface area contributed by atoms with Gasteiger partial charge >= 0.3 is 0 Å². The van der Waals surface area contributed by atoms with Crippen molar-refractivity contribution >= 4 is 5.91 Å². The summed E-state index contributed by atoms with van der Waals surface area (Å²) < 4.78 is 28.3. The Labute approximate surface area is 110 Å². The van der Waals surface area contributed by atoms with Crippen molar-refractivity contribution in [3.63, 3.8) is 0 Å². The molecule has 0 saturated heterocycles. The quantitative estimate of drug-likeness (QED) is 0.704. The van der Waals surface area contributed by atoms with Gasteiger partial charge in [-0.05, 0) is 30.2 Å². The first kappa shape index (κ1) is 15.5. The predicted octanol–water partition coefficient (Wildman–Crippen LogP) is 1.47. The first-order valence-electron chi connectivity index (χ1n) is 5.96. The summed E-state index contributed by atoms with van der Waals surface area (Å²) >= 11 is 0. The summed E-state index contributed by atoms with van der Waals surface area (Å²) in [5, 5.41) is 3.08. The van der Waals surface area contributed by atoms with Crippen molar-refractivity contribution in [2.24, 2.45) is 5.73 Å². The standard InChI is InChI=1S/C13H18F2N2O2/c1-9-6-10(13(16)18)2-3-11(9)7-17-4-5-19-8-12(14)15/h2-3,6,12,17H,4-5,7-8H2,1H3,(H2,16,18). The van der Waals surface area contributed by atoms with Gasteiger partial charge in [-0.15, -0.1) is 0 Å². The highest BCUT2D eigenvalue weighted by atomic mass is 19.3. The molecule has 0 unspecified atom stereocenters. The Kier molecular flexibility index (Phi) is 6.38. The summed E-state index contributed by atoms with van der Waals surface area (Å²) in [7, 11) is 0. The number of hydrogen-bond acceptors (Lipinski definition) is 3. The summed E-state index contributed by atoms with van der Waals surface area (Å²) in [6, 6.07) is 5.22. The number of carbonyl (C=O) groups is 1. The lowest BCUT2D eigenvalue weighted by Crippen LogP contribution is -2.21. The van der Waals surface area contributed by atoms with E-state index in [4.69, 9.17) is 10.5 Å². The normalized spacial score (nSPS) is 10.9. The SMILES string of the molecule is Cc1cc(C(N)=O)ccc1CNCCOCC(F)F. The minimum atomic E-state index is -2.43. The average molecular weight is 272 g/mol. The molecular weight excluding hydrogens is 254 g/mol. The van der Waals surface area contributed by atoms with Crippen molar-refractivity contribution < 1.29 is 18.3 Å². The third-order valence-electron chi connectivity index (χ3n) is 2.61. The molecule has 0 radical (unpaired) electrons. The van der Waals surface area contributed by atoms with Crippen LogP contribution in [0, 0.1) is 6.92 Å². The van der Waals surface area contributed by atoms with E-state index < -0.39 is 18.9 Å². The summed E-state index contributed by atoms with van der Waals surface area (Å²) in [5.74, 6) is -0.456. The zero-order valence-corrected chi connectivity index (χ0v) is 10.8. The van der Waals surface area contributed by atoms with Crippen LogP contribution in [0.15, 0.2) is 18.2 Å². The van der Waals surface area contributed by atoms with E-state index in [9.17, 15) is 13.6 Å². The van der Waals surface area contributed by atoms with E-state index in [1.54, 1.807) is 12.1 Å². The number of alkyl halides is 2. The molecule has 19 heavy (non-hydrogen) atoms. The molecule has 106 valence electrons. The van der Waals surface area contributed by atoms with Gasteiger partial charge in [-0.25, -0.2) is 8.78 Å². The van der Waals surface area contributed by atoms with Gasteiger partial charge < -0.3 is 15.8 Å². The topological polar surface area (TPSA) is 64.4 Å². The second-order valence-corrected chi connectivity index (χ2v) is 4.15. The van der Waals surface area contributed by atoms with E-state index >= 15 is 0 Å².